The van der Waals surface area contributed by atoms with E-state index in [1.165, 1.54) is 10.7 Å². The third-order valence-electron chi connectivity index (χ3n) is 6.38. The van der Waals surface area contributed by atoms with Crippen molar-refractivity contribution in [3.05, 3.63) is 110 Å². The molecule has 0 spiro atoms. The number of fused-ring (bicyclic) bond motifs is 3. The van der Waals surface area contributed by atoms with Gasteiger partial charge in [0.2, 0.25) is 5.95 Å². The molecule has 0 atom stereocenters. The molecule has 0 unspecified atom stereocenters. The average Bonchev–Trinajstić information content (AvgIpc) is 3.25. The minimum absolute atomic E-state index is 0.283. The standard InChI is InChI=1S/C27H20ClFN8O/c1-14-4-3-5-21(29)23(14)25-20-11-17(28)6-8-19(20)24-16(12-30-25)13-31-26(33-24)32-18-7-9-22(15(2)10-18)37-27(38)34-35-36-37/h3-11,13H,12H2,1-2H3,(H,31,32,33)(H,34,36,38). The Morgan fingerprint density at radius 3 is 2.68 bits per heavy atom. The van der Waals surface area contributed by atoms with E-state index in [-0.39, 0.29) is 12.4 Å². The van der Waals surface area contributed by atoms with Crippen LogP contribution in [0.15, 0.2) is 70.6 Å². The molecular weight excluding hydrogens is 507 g/mol. The lowest BCUT2D eigenvalue weighted by atomic mass is 9.93. The minimum atomic E-state index is -0.422. The topological polar surface area (TPSA) is 114 Å². The molecule has 3 aromatic carbocycles. The van der Waals surface area contributed by atoms with Crippen molar-refractivity contribution in [3.63, 3.8) is 0 Å². The fourth-order valence-electron chi connectivity index (χ4n) is 4.59. The van der Waals surface area contributed by atoms with Gasteiger partial charge in [0.25, 0.3) is 0 Å². The van der Waals surface area contributed by atoms with E-state index in [1.54, 1.807) is 36.5 Å². The van der Waals surface area contributed by atoms with Gasteiger partial charge in [0, 0.05) is 39.2 Å². The molecule has 1 aliphatic heterocycles. The van der Waals surface area contributed by atoms with Crippen LogP contribution in [0, 0.1) is 19.7 Å². The highest BCUT2D eigenvalue weighted by Crippen LogP contribution is 2.35. The zero-order valence-corrected chi connectivity index (χ0v) is 21.1. The number of hydrogen-bond acceptors (Lipinski definition) is 7. The number of nitrogens with one attached hydrogen (secondary N) is 2. The van der Waals surface area contributed by atoms with Gasteiger partial charge in [-0.3, -0.25) is 4.99 Å². The number of aromatic nitrogens is 6. The number of halogens is 2. The summed E-state index contributed by atoms with van der Waals surface area (Å²) in [5.74, 6) is 0.0293. The Morgan fingerprint density at radius 2 is 1.92 bits per heavy atom. The van der Waals surface area contributed by atoms with E-state index >= 15 is 0 Å². The molecule has 0 saturated heterocycles. The molecule has 0 saturated carbocycles. The molecule has 11 heteroatoms. The van der Waals surface area contributed by atoms with Crippen LogP contribution in [0.25, 0.3) is 16.9 Å². The summed E-state index contributed by atoms with van der Waals surface area (Å²) >= 11 is 6.38. The van der Waals surface area contributed by atoms with Gasteiger partial charge in [0.05, 0.1) is 23.6 Å². The first-order valence-electron chi connectivity index (χ1n) is 11.7. The van der Waals surface area contributed by atoms with Crippen LogP contribution in [0.3, 0.4) is 0 Å². The summed E-state index contributed by atoms with van der Waals surface area (Å²) in [6.45, 7) is 4.01. The lowest BCUT2D eigenvalue weighted by Crippen LogP contribution is -2.17. The van der Waals surface area contributed by atoms with Crippen molar-refractivity contribution in [2.24, 2.45) is 4.99 Å². The van der Waals surface area contributed by atoms with Crippen molar-refractivity contribution in [2.75, 3.05) is 5.32 Å². The second-order valence-corrected chi connectivity index (χ2v) is 9.33. The van der Waals surface area contributed by atoms with E-state index < -0.39 is 5.69 Å². The van der Waals surface area contributed by atoms with Gasteiger partial charge >= 0.3 is 5.69 Å². The largest absolute Gasteiger partial charge is 0.365 e. The van der Waals surface area contributed by atoms with Crippen LogP contribution in [0.2, 0.25) is 5.02 Å². The summed E-state index contributed by atoms with van der Waals surface area (Å²) in [5, 5.41) is 13.4. The van der Waals surface area contributed by atoms with Gasteiger partial charge in [-0.05, 0) is 71.8 Å². The Labute approximate surface area is 221 Å². The van der Waals surface area contributed by atoms with Crippen LogP contribution in [-0.2, 0) is 6.54 Å². The van der Waals surface area contributed by atoms with E-state index in [2.05, 4.69) is 25.8 Å². The second kappa shape index (κ2) is 9.31. The fourth-order valence-corrected chi connectivity index (χ4v) is 4.76. The van der Waals surface area contributed by atoms with Gasteiger partial charge in [-0.25, -0.2) is 24.3 Å². The molecule has 6 rings (SSSR count). The number of H-pyrrole nitrogens is 1. The number of aliphatic imine (C=N–C) groups is 1. The lowest BCUT2D eigenvalue weighted by Gasteiger charge is -2.14. The molecule has 1 aliphatic rings. The molecule has 2 aromatic heterocycles. The van der Waals surface area contributed by atoms with Gasteiger partial charge in [-0.2, -0.15) is 4.68 Å². The highest BCUT2D eigenvalue weighted by Gasteiger charge is 2.24. The maximum Gasteiger partial charge on any atom is 0.365 e. The van der Waals surface area contributed by atoms with E-state index in [9.17, 15) is 9.18 Å². The van der Waals surface area contributed by atoms with Crippen LogP contribution < -0.4 is 11.0 Å². The van der Waals surface area contributed by atoms with Gasteiger partial charge < -0.3 is 5.32 Å². The molecule has 38 heavy (non-hydrogen) atoms. The summed E-state index contributed by atoms with van der Waals surface area (Å²) in [6.07, 6.45) is 1.72. The normalized spacial score (nSPS) is 12.4. The number of tetrazole rings is 1. The average molecular weight is 527 g/mol. The van der Waals surface area contributed by atoms with Crippen molar-refractivity contribution < 1.29 is 4.39 Å². The fraction of sp³-hybridized carbons (Fsp3) is 0.111. The third-order valence-corrected chi connectivity index (χ3v) is 6.61. The smallest absolute Gasteiger partial charge is 0.324 e. The number of nitrogens with zero attached hydrogens (tertiary/aromatic N) is 6. The molecule has 2 N–H and O–H groups in total. The molecule has 0 fully saturated rings. The van der Waals surface area contributed by atoms with E-state index in [1.807, 2.05) is 32.0 Å². The van der Waals surface area contributed by atoms with Crippen molar-refractivity contribution in [1.29, 1.82) is 0 Å². The summed E-state index contributed by atoms with van der Waals surface area (Å²) in [7, 11) is 0. The van der Waals surface area contributed by atoms with E-state index in [0.717, 1.165) is 27.9 Å². The number of anilines is 2. The summed E-state index contributed by atoms with van der Waals surface area (Å²) in [5.41, 5.74) is 6.44. The molecule has 0 amide bonds. The highest BCUT2D eigenvalue weighted by atomic mass is 35.5. The lowest BCUT2D eigenvalue weighted by molar-refractivity contribution is 0.624. The maximum absolute atomic E-state index is 15.0. The number of rotatable bonds is 4. The number of aryl methyl sites for hydroxylation is 2. The molecule has 3 heterocycles. The molecule has 0 radical (unpaired) electrons. The molecule has 188 valence electrons. The Kier molecular flexibility index (Phi) is 5.80. The van der Waals surface area contributed by atoms with Crippen LogP contribution >= 0.6 is 11.6 Å². The second-order valence-electron chi connectivity index (χ2n) is 8.90. The summed E-state index contributed by atoms with van der Waals surface area (Å²) in [6, 6.07) is 15.8. The predicted molar refractivity (Wildman–Crippen MR) is 143 cm³/mol. The van der Waals surface area contributed by atoms with Gasteiger partial charge in [0.15, 0.2) is 0 Å². The number of hydrogen-bond donors (Lipinski definition) is 2. The zero-order valence-electron chi connectivity index (χ0n) is 20.3. The molecule has 5 aromatic rings. The Morgan fingerprint density at radius 1 is 1.05 bits per heavy atom. The first-order valence-corrected chi connectivity index (χ1v) is 12.1. The Balaban J connectivity index is 1.40. The van der Waals surface area contributed by atoms with Gasteiger partial charge in [-0.1, -0.05) is 29.8 Å². The van der Waals surface area contributed by atoms with Crippen LogP contribution in [0.1, 0.15) is 27.8 Å². The minimum Gasteiger partial charge on any atom is -0.324 e. The third kappa shape index (κ3) is 4.14. The summed E-state index contributed by atoms with van der Waals surface area (Å²) < 4.78 is 16.2. The van der Waals surface area contributed by atoms with Crippen molar-refractivity contribution in [1.82, 2.24) is 30.2 Å². The molecular formula is C27H20ClFN8O. The Hall–Kier alpha value is -4.70. The molecule has 0 bridgehead atoms. The SMILES string of the molecule is Cc1cc(Nc2ncc3c(n2)-c2ccc(Cl)cc2C(c2c(C)cccc2F)=NC3)ccc1-n1nn[nH]c1=O. The van der Waals surface area contributed by atoms with Crippen LogP contribution in [-0.4, -0.2) is 35.9 Å². The monoisotopic (exact) mass is 526 g/mol. The molecule has 9 nitrogen and oxygen atoms in total. The van der Waals surface area contributed by atoms with Gasteiger partial charge in [-0.15, -0.1) is 0 Å². The van der Waals surface area contributed by atoms with Crippen molar-refractivity contribution in [2.45, 2.75) is 20.4 Å². The van der Waals surface area contributed by atoms with Gasteiger partial charge in [0.1, 0.15) is 5.82 Å². The quantitative estimate of drug-likeness (QED) is 0.344. The van der Waals surface area contributed by atoms with Crippen molar-refractivity contribution in [3.8, 4) is 16.9 Å². The first kappa shape index (κ1) is 23.7. The molecule has 0 aliphatic carbocycles. The number of benzene rings is 3. The maximum atomic E-state index is 15.0. The van der Waals surface area contributed by atoms with Crippen LogP contribution in [0.4, 0.5) is 16.0 Å². The highest BCUT2D eigenvalue weighted by molar-refractivity contribution is 6.31. The van der Waals surface area contributed by atoms with E-state index in [0.29, 0.717) is 39.2 Å². The first-order chi connectivity index (χ1) is 18.4. The van der Waals surface area contributed by atoms with Crippen molar-refractivity contribution >= 4 is 28.9 Å². The van der Waals surface area contributed by atoms with E-state index in [4.69, 9.17) is 21.6 Å². The summed E-state index contributed by atoms with van der Waals surface area (Å²) in [4.78, 5) is 26.0. The number of aromatic amines is 1. The predicted octanol–water partition coefficient (Wildman–Crippen LogP) is 4.92. The Bertz CT molecular complexity index is 1790. The van der Waals surface area contributed by atoms with Crippen LogP contribution in [0.5, 0.6) is 0 Å². The zero-order chi connectivity index (χ0) is 26.4.